The maximum atomic E-state index is 12.8. The molecule has 5 heteroatoms. The molecule has 0 bridgehead atoms. The van der Waals surface area contributed by atoms with E-state index in [1.54, 1.807) is 0 Å². The van der Waals surface area contributed by atoms with Crippen LogP contribution < -0.4 is 5.32 Å². The first-order chi connectivity index (χ1) is 17.3. The van der Waals surface area contributed by atoms with E-state index in [1.807, 2.05) is 66.7 Å². The van der Waals surface area contributed by atoms with Gasteiger partial charge in [-0.1, -0.05) is 91.0 Å². The molecule has 1 saturated heterocycles. The van der Waals surface area contributed by atoms with Crippen molar-refractivity contribution in [2.24, 2.45) is 0 Å². The number of oxazole rings is 1. The average Bonchev–Trinajstić information content (AvgIpc) is 3.60. The second-order valence-electron chi connectivity index (χ2n) is 8.99. The molecule has 0 radical (unpaired) electrons. The molecule has 178 valence electrons. The van der Waals surface area contributed by atoms with E-state index >= 15 is 0 Å². The molecule has 0 aliphatic carbocycles. The van der Waals surface area contributed by atoms with Crippen LogP contribution in [0.4, 0.5) is 0 Å². The standard InChI is InChI=1S/C30H31N3O2/c34-27(31-22-26(33-20-10-11-21-33)23-12-4-1-5-13-23)18-19-28-32-29(24-14-6-2-7-15-24)30(35-28)25-16-8-3-9-17-25/h1-9,12-17,26H,10-11,18-22H2,(H,31,34). The number of rotatable bonds is 9. The second kappa shape index (κ2) is 11.2. The molecule has 1 fully saturated rings. The van der Waals surface area contributed by atoms with Crippen LogP contribution in [-0.2, 0) is 11.2 Å². The minimum atomic E-state index is 0.0193. The van der Waals surface area contributed by atoms with Crippen LogP contribution in [0.3, 0.4) is 0 Å². The molecule has 4 aromatic rings. The van der Waals surface area contributed by atoms with Crippen molar-refractivity contribution < 1.29 is 9.21 Å². The highest BCUT2D eigenvalue weighted by molar-refractivity contribution is 5.78. The van der Waals surface area contributed by atoms with Crippen molar-refractivity contribution in [3.05, 3.63) is 102 Å². The summed E-state index contributed by atoms with van der Waals surface area (Å²) in [7, 11) is 0. The van der Waals surface area contributed by atoms with Crippen molar-refractivity contribution >= 4 is 5.91 Å². The van der Waals surface area contributed by atoms with Crippen molar-refractivity contribution in [3.63, 3.8) is 0 Å². The van der Waals surface area contributed by atoms with Gasteiger partial charge in [-0.3, -0.25) is 9.69 Å². The Kier molecular flexibility index (Phi) is 7.35. The first-order valence-electron chi connectivity index (χ1n) is 12.4. The fourth-order valence-electron chi connectivity index (χ4n) is 4.75. The Balaban J connectivity index is 1.26. The topological polar surface area (TPSA) is 58.4 Å². The van der Waals surface area contributed by atoms with Gasteiger partial charge in [-0.2, -0.15) is 0 Å². The Labute approximate surface area is 206 Å². The van der Waals surface area contributed by atoms with E-state index in [0.29, 0.717) is 25.3 Å². The number of carbonyl (C=O) groups excluding carboxylic acids is 1. The molecule has 1 N–H and O–H groups in total. The first-order valence-corrected chi connectivity index (χ1v) is 12.4. The zero-order chi connectivity index (χ0) is 23.9. The summed E-state index contributed by atoms with van der Waals surface area (Å²) >= 11 is 0. The van der Waals surface area contributed by atoms with Crippen LogP contribution in [0.5, 0.6) is 0 Å². The quantitative estimate of drug-likeness (QED) is 0.335. The molecule has 5 nitrogen and oxygen atoms in total. The molecule has 0 saturated carbocycles. The van der Waals surface area contributed by atoms with Gasteiger partial charge < -0.3 is 9.73 Å². The molecule has 3 aromatic carbocycles. The largest absolute Gasteiger partial charge is 0.440 e. The number of hydrogen-bond donors (Lipinski definition) is 1. The van der Waals surface area contributed by atoms with Crippen molar-refractivity contribution in [1.82, 2.24) is 15.2 Å². The van der Waals surface area contributed by atoms with Crippen LogP contribution in [0.15, 0.2) is 95.4 Å². The van der Waals surface area contributed by atoms with E-state index in [0.717, 1.165) is 35.7 Å². The van der Waals surface area contributed by atoms with E-state index in [-0.39, 0.29) is 11.9 Å². The minimum Gasteiger partial charge on any atom is -0.440 e. The van der Waals surface area contributed by atoms with Crippen LogP contribution in [0.25, 0.3) is 22.6 Å². The van der Waals surface area contributed by atoms with E-state index in [4.69, 9.17) is 9.40 Å². The van der Waals surface area contributed by atoms with Gasteiger partial charge in [0, 0.05) is 30.5 Å². The van der Waals surface area contributed by atoms with E-state index in [2.05, 4.69) is 34.5 Å². The van der Waals surface area contributed by atoms with Crippen LogP contribution in [0.2, 0.25) is 0 Å². The van der Waals surface area contributed by atoms with Gasteiger partial charge in [0.2, 0.25) is 5.91 Å². The Hall–Kier alpha value is -3.70. The molecule has 1 unspecified atom stereocenters. The second-order valence-corrected chi connectivity index (χ2v) is 8.99. The van der Waals surface area contributed by atoms with E-state index in [9.17, 15) is 4.79 Å². The lowest BCUT2D eigenvalue weighted by Gasteiger charge is -2.28. The van der Waals surface area contributed by atoms with Gasteiger partial charge in [0.25, 0.3) is 0 Å². The predicted molar refractivity (Wildman–Crippen MR) is 139 cm³/mol. The molecule has 1 aliphatic rings. The van der Waals surface area contributed by atoms with Gasteiger partial charge in [0.1, 0.15) is 5.69 Å². The molecular weight excluding hydrogens is 434 g/mol. The summed E-state index contributed by atoms with van der Waals surface area (Å²) in [6.45, 7) is 2.77. The number of likely N-dealkylation sites (tertiary alicyclic amines) is 1. The predicted octanol–water partition coefficient (Wildman–Crippen LogP) is 5.89. The molecule has 35 heavy (non-hydrogen) atoms. The number of nitrogens with one attached hydrogen (secondary N) is 1. The van der Waals surface area contributed by atoms with Crippen LogP contribution >= 0.6 is 0 Å². The summed E-state index contributed by atoms with van der Waals surface area (Å²) in [5.74, 6) is 1.34. The number of hydrogen-bond acceptors (Lipinski definition) is 4. The third-order valence-corrected chi connectivity index (χ3v) is 6.58. The monoisotopic (exact) mass is 465 g/mol. The Bertz CT molecular complexity index is 1160. The maximum Gasteiger partial charge on any atom is 0.220 e. The molecular formula is C30H31N3O2. The zero-order valence-corrected chi connectivity index (χ0v) is 19.9. The number of carbonyl (C=O) groups is 1. The summed E-state index contributed by atoms with van der Waals surface area (Å²) in [5, 5.41) is 3.16. The number of amides is 1. The number of aryl methyl sites for hydroxylation is 1. The van der Waals surface area contributed by atoms with Gasteiger partial charge in [-0.05, 0) is 31.5 Å². The van der Waals surface area contributed by atoms with E-state index in [1.165, 1.54) is 18.4 Å². The van der Waals surface area contributed by atoms with Crippen LogP contribution in [0, 0.1) is 0 Å². The summed E-state index contributed by atoms with van der Waals surface area (Å²) in [5.41, 5.74) is 4.04. The fourth-order valence-corrected chi connectivity index (χ4v) is 4.75. The lowest BCUT2D eigenvalue weighted by Crippen LogP contribution is -2.36. The van der Waals surface area contributed by atoms with Gasteiger partial charge in [-0.15, -0.1) is 0 Å². The fraction of sp³-hybridized carbons (Fsp3) is 0.267. The summed E-state index contributed by atoms with van der Waals surface area (Å²) in [6, 6.07) is 30.7. The first kappa shape index (κ1) is 23.1. The molecule has 1 aromatic heterocycles. The minimum absolute atomic E-state index is 0.0193. The third-order valence-electron chi connectivity index (χ3n) is 6.58. The van der Waals surface area contributed by atoms with Crippen molar-refractivity contribution in [1.29, 1.82) is 0 Å². The maximum absolute atomic E-state index is 12.8. The third kappa shape index (κ3) is 5.69. The molecule has 1 atom stereocenters. The van der Waals surface area contributed by atoms with Gasteiger partial charge in [0.15, 0.2) is 11.7 Å². The van der Waals surface area contributed by atoms with Crippen LogP contribution in [0.1, 0.15) is 36.8 Å². The molecule has 2 heterocycles. The lowest BCUT2D eigenvalue weighted by atomic mass is 10.1. The average molecular weight is 466 g/mol. The SMILES string of the molecule is O=C(CCc1nc(-c2ccccc2)c(-c2ccccc2)o1)NCC(c1ccccc1)N1CCCC1. The van der Waals surface area contributed by atoms with Gasteiger partial charge >= 0.3 is 0 Å². The van der Waals surface area contributed by atoms with Crippen molar-refractivity contribution in [2.45, 2.75) is 31.7 Å². The lowest BCUT2D eigenvalue weighted by molar-refractivity contribution is -0.121. The molecule has 0 spiro atoms. The number of aromatic nitrogens is 1. The number of nitrogens with zero attached hydrogens (tertiary/aromatic N) is 2. The normalized spacial score (nSPS) is 14.6. The Morgan fingerprint density at radius 3 is 2.11 bits per heavy atom. The summed E-state index contributed by atoms with van der Waals surface area (Å²) in [6.07, 6.45) is 3.23. The van der Waals surface area contributed by atoms with Crippen molar-refractivity contribution in [3.8, 4) is 22.6 Å². The highest BCUT2D eigenvalue weighted by atomic mass is 16.4. The summed E-state index contributed by atoms with van der Waals surface area (Å²) < 4.78 is 6.18. The van der Waals surface area contributed by atoms with Crippen molar-refractivity contribution in [2.75, 3.05) is 19.6 Å². The van der Waals surface area contributed by atoms with E-state index < -0.39 is 0 Å². The Morgan fingerprint density at radius 1 is 0.857 bits per heavy atom. The molecule has 5 rings (SSSR count). The smallest absolute Gasteiger partial charge is 0.220 e. The Morgan fingerprint density at radius 2 is 1.46 bits per heavy atom. The highest BCUT2D eigenvalue weighted by Crippen LogP contribution is 2.33. The summed E-state index contributed by atoms with van der Waals surface area (Å²) in [4.78, 5) is 20.1. The molecule has 1 amide bonds. The van der Waals surface area contributed by atoms with Gasteiger partial charge in [-0.25, -0.2) is 4.98 Å². The highest BCUT2D eigenvalue weighted by Gasteiger charge is 2.24. The van der Waals surface area contributed by atoms with Gasteiger partial charge in [0.05, 0.1) is 6.04 Å². The van der Waals surface area contributed by atoms with Crippen LogP contribution in [-0.4, -0.2) is 35.4 Å². The number of benzene rings is 3. The molecule has 1 aliphatic heterocycles. The zero-order valence-electron chi connectivity index (χ0n) is 19.9.